The Balaban J connectivity index is 1.64. The van der Waals surface area contributed by atoms with Crippen LogP contribution in [0.25, 0.3) is 22.4 Å². The van der Waals surface area contributed by atoms with Gasteiger partial charge in [0.05, 0.1) is 11.0 Å². The maximum absolute atomic E-state index is 13.1. The number of aryl methyl sites for hydroxylation is 1. The van der Waals surface area contributed by atoms with Gasteiger partial charge in [-0.25, -0.2) is 4.98 Å². The van der Waals surface area contributed by atoms with E-state index in [0.29, 0.717) is 17.8 Å². The van der Waals surface area contributed by atoms with Crippen molar-refractivity contribution in [3.63, 3.8) is 0 Å². The molecule has 0 aliphatic heterocycles. The van der Waals surface area contributed by atoms with Crippen molar-refractivity contribution in [2.75, 3.05) is 0 Å². The van der Waals surface area contributed by atoms with Crippen LogP contribution in [0.15, 0.2) is 48.5 Å². The summed E-state index contributed by atoms with van der Waals surface area (Å²) in [4.78, 5) is 17.9. The Hall–Kier alpha value is -2.62. The summed E-state index contributed by atoms with van der Waals surface area (Å²) in [6, 6.07) is 16.2. The fourth-order valence-corrected chi connectivity index (χ4v) is 4.85. The molecule has 3 aromatic rings. The number of carbonyl (C=O) groups excluding carboxylic acids is 1. The molecule has 0 bridgehead atoms. The van der Waals surface area contributed by atoms with Crippen LogP contribution in [0.1, 0.15) is 45.6 Å². The van der Waals surface area contributed by atoms with Gasteiger partial charge in [0, 0.05) is 5.56 Å². The van der Waals surface area contributed by atoms with E-state index in [1.54, 1.807) is 0 Å². The maximum Gasteiger partial charge on any atom is 0.326 e. The van der Waals surface area contributed by atoms with Crippen LogP contribution in [0.5, 0.6) is 0 Å². The Morgan fingerprint density at radius 2 is 1.87 bits per heavy atom. The molecule has 30 heavy (non-hydrogen) atoms. The molecule has 0 spiro atoms. The quantitative estimate of drug-likeness (QED) is 0.489. The van der Waals surface area contributed by atoms with Crippen molar-refractivity contribution < 1.29 is 9.53 Å². The van der Waals surface area contributed by atoms with Crippen LogP contribution < -0.4 is 0 Å². The molecule has 0 saturated heterocycles. The number of imidazole rings is 1. The number of benzene rings is 2. The van der Waals surface area contributed by atoms with E-state index < -0.39 is 0 Å². The second kappa shape index (κ2) is 8.63. The minimum absolute atomic E-state index is 0.0120. The zero-order valence-electron chi connectivity index (χ0n) is 18.5. The summed E-state index contributed by atoms with van der Waals surface area (Å²) in [7, 11) is 0. The van der Waals surface area contributed by atoms with Crippen LogP contribution in [0.2, 0.25) is 0 Å². The van der Waals surface area contributed by atoms with Gasteiger partial charge >= 0.3 is 5.97 Å². The van der Waals surface area contributed by atoms with Gasteiger partial charge in [0.15, 0.2) is 0 Å². The van der Waals surface area contributed by atoms with Crippen molar-refractivity contribution in [1.82, 2.24) is 9.55 Å². The number of ether oxygens (including phenoxy) is 1. The van der Waals surface area contributed by atoms with Crippen molar-refractivity contribution >= 4 is 17.0 Å². The number of hydrogen-bond acceptors (Lipinski definition) is 3. The number of rotatable bonds is 5. The average Bonchev–Trinajstić information content (AvgIpc) is 3.06. The van der Waals surface area contributed by atoms with Gasteiger partial charge in [0.2, 0.25) is 0 Å². The van der Waals surface area contributed by atoms with Crippen molar-refractivity contribution in [3.8, 4) is 11.4 Å². The van der Waals surface area contributed by atoms with Crippen molar-refractivity contribution in [1.29, 1.82) is 0 Å². The molecule has 0 unspecified atom stereocenters. The lowest BCUT2D eigenvalue weighted by Gasteiger charge is -2.36. The lowest BCUT2D eigenvalue weighted by Crippen LogP contribution is -2.36. The fourth-order valence-electron chi connectivity index (χ4n) is 4.85. The molecule has 0 amide bonds. The van der Waals surface area contributed by atoms with Gasteiger partial charge in [-0.1, -0.05) is 63.6 Å². The molecule has 158 valence electrons. The number of aromatic nitrogens is 2. The second-order valence-corrected chi connectivity index (χ2v) is 9.18. The summed E-state index contributed by atoms with van der Waals surface area (Å²) < 4.78 is 8.10. The number of para-hydroxylation sites is 2. The molecule has 1 fully saturated rings. The van der Waals surface area contributed by atoms with E-state index in [4.69, 9.17) is 9.72 Å². The first-order chi connectivity index (χ1) is 14.4. The van der Waals surface area contributed by atoms with Gasteiger partial charge in [-0.05, 0) is 55.2 Å². The summed E-state index contributed by atoms with van der Waals surface area (Å²) >= 11 is 0. The lowest BCUT2D eigenvalue weighted by atomic mass is 9.75. The summed E-state index contributed by atoms with van der Waals surface area (Å²) in [6.45, 7) is 8.99. The van der Waals surface area contributed by atoms with Gasteiger partial charge in [-0.2, -0.15) is 0 Å². The number of esters is 1. The first-order valence-electron chi connectivity index (χ1n) is 11.1. The molecule has 1 aromatic heterocycles. The molecule has 1 aliphatic rings. The Kier molecular flexibility index (Phi) is 5.94. The smallest absolute Gasteiger partial charge is 0.326 e. The standard InChI is InChI=1S/C26H32N2O2/c1-17(2)20-14-13-18(3)15-24(20)30-25(29)16-28-23-12-8-7-11-22(23)27-26(28)21-10-6-5-9-19(21)4/h5-12,17-18,20,24H,13-16H2,1-4H3/t18-,20+,24-/m1/s1. The molecule has 0 radical (unpaired) electrons. The van der Waals surface area contributed by atoms with Gasteiger partial charge in [-0.3, -0.25) is 4.79 Å². The molecular weight excluding hydrogens is 372 g/mol. The topological polar surface area (TPSA) is 44.1 Å². The summed E-state index contributed by atoms with van der Waals surface area (Å²) in [5, 5.41) is 0. The van der Waals surface area contributed by atoms with Crippen molar-refractivity contribution in [3.05, 3.63) is 54.1 Å². The summed E-state index contributed by atoms with van der Waals surface area (Å²) in [5.41, 5.74) is 4.05. The molecule has 1 aliphatic carbocycles. The molecule has 4 heteroatoms. The van der Waals surface area contributed by atoms with E-state index in [9.17, 15) is 4.79 Å². The van der Waals surface area contributed by atoms with Gasteiger partial charge in [0.1, 0.15) is 18.5 Å². The largest absolute Gasteiger partial charge is 0.461 e. The zero-order valence-corrected chi connectivity index (χ0v) is 18.5. The Morgan fingerprint density at radius 3 is 2.63 bits per heavy atom. The van der Waals surface area contributed by atoms with E-state index in [2.05, 4.69) is 39.8 Å². The summed E-state index contributed by atoms with van der Waals surface area (Å²) in [6.07, 6.45) is 3.34. The molecule has 1 heterocycles. The first kappa shape index (κ1) is 20.6. The first-order valence-corrected chi connectivity index (χ1v) is 11.1. The van der Waals surface area contributed by atoms with Crippen LogP contribution in [0, 0.1) is 24.7 Å². The van der Waals surface area contributed by atoms with E-state index in [-0.39, 0.29) is 18.6 Å². The average molecular weight is 405 g/mol. The molecule has 2 aromatic carbocycles. The van der Waals surface area contributed by atoms with E-state index in [0.717, 1.165) is 40.8 Å². The highest BCUT2D eigenvalue weighted by Crippen LogP contribution is 2.35. The third kappa shape index (κ3) is 4.14. The zero-order chi connectivity index (χ0) is 21.3. The van der Waals surface area contributed by atoms with Crippen LogP contribution in [-0.2, 0) is 16.1 Å². The highest BCUT2D eigenvalue weighted by Gasteiger charge is 2.33. The van der Waals surface area contributed by atoms with Crippen LogP contribution in [0.4, 0.5) is 0 Å². The molecule has 4 rings (SSSR count). The number of nitrogens with zero attached hydrogens (tertiary/aromatic N) is 2. The molecule has 3 atom stereocenters. The lowest BCUT2D eigenvalue weighted by molar-refractivity contribution is -0.156. The predicted octanol–water partition coefficient (Wildman–Crippen LogP) is 6.02. The van der Waals surface area contributed by atoms with Crippen LogP contribution in [0.3, 0.4) is 0 Å². The minimum Gasteiger partial charge on any atom is -0.461 e. The van der Waals surface area contributed by atoms with E-state index in [1.165, 1.54) is 6.42 Å². The SMILES string of the molecule is Cc1ccccc1-c1nc2ccccc2n1CC(=O)O[C@@H]1C[C@H](C)CC[C@H]1C(C)C. The van der Waals surface area contributed by atoms with Gasteiger partial charge in [0.25, 0.3) is 0 Å². The fraction of sp³-hybridized carbons (Fsp3) is 0.462. The third-order valence-corrected chi connectivity index (χ3v) is 6.57. The predicted molar refractivity (Wildman–Crippen MR) is 121 cm³/mol. The van der Waals surface area contributed by atoms with E-state index in [1.807, 2.05) is 41.0 Å². The Bertz CT molecular complexity index is 1040. The molecule has 1 saturated carbocycles. The normalized spacial score (nSPS) is 21.8. The highest BCUT2D eigenvalue weighted by molar-refractivity contribution is 5.83. The van der Waals surface area contributed by atoms with Crippen molar-refractivity contribution in [2.24, 2.45) is 17.8 Å². The molecular formula is C26H32N2O2. The Morgan fingerprint density at radius 1 is 1.13 bits per heavy atom. The minimum atomic E-state index is -0.169. The third-order valence-electron chi connectivity index (χ3n) is 6.57. The Labute approximate surface area is 179 Å². The number of fused-ring (bicyclic) bond motifs is 1. The number of carbonyl (C=O) groups is 1. The van der Waals surface area contributed by atoms with Crippen molar-refractivity contribution in [2.45, 2.75) is 59.6 Å². The second-order valence-electron chi connectivity index (χ2n) is 9.18. The van der Waals surface area contributed by atoms with Crippen LogP contribution >= 0.6 is 0 Å². The monoisotopic (exact) mass is 404 g/mol. The maximum atomic E-state index is 13.1. The molecule has 0 N–H and O–H groups in total. The van der Waals surface area contributed by atoms with Crippen LogP contribution in [-0.4, -0.2) is 21.6 Å². The highest BCUT2D eigenvalue weighted by atomic mass is 16.5. The number of hydrogen-bond donors (Lipinski definition) is 0. The summed E-state index contributed by atoms with van der Waals surface area (Å²) in [5.74, 6) is 2.23. The van der Waals surface area contributed by atoms with Gasteiger partial charge < -0.3 is 9.30 Å². The van der Waals surface area contributed by atoms with Gasteiger partial charge in [-0.15, -0.1) is 0 Å². The molecule has 4 nitrogen and oxygen atoms in total. The van der Waals surface area contributed by atoms with E-state index >= 15 is 0 Å².